The third-order valence-corrected chi connectivity index (χ3v) is 8.16. The zero-order valence-corrected chi connectivity index (χ0v) is 17.8. The minimum absolute atomic E-state index is 0.0799. The second kappa shape index (κ2) is 11.5. The maximum atomic E-state index is 12.9. The lowest BCUT2D eigenvalue weighted by molar-refractivity contribution is 0.265. The third-order valence-electron chi connectivity index (χ3n) is 2.98. The molecule has 1 atom stereocenters. The molecule has 0 heterocycles. The molecule has 0 fully saturated rings. The monoisotopic (exact) mass is 462 g/mol. The smallest absolute Gasteiger partial charge is 0.311 e. The van der Waals surface area contributed by atoms with Gasteiger partial charge in [0.05, 0.1) is 0 Å². The fraction of sp³-hybridized carbons (Fsp3) is 0.714. The van der Waals surface area contributed by atoms with Crippen molar-refractivity contribution in [1.82, 2.24) is 0 Å². The molecule has 124 valence electrons. The molecule has 0 saturated heterocycles. The second-order valence-corrected chi connectivity index (χ2v) is 10.9. The molecule has 0 N–H and O–H groups in total. The molecule has 0 amide bonds. The molecule has 0 radical (unpaired) electrons. The highest BCUT2D eigenvalue weighted by atomic mass is 79.9. The van der Waals surface area contributed by atoms with Crippen LogP contribution in [0.15, 0.2) is 22.1 Å². The molecule has 0 saturated carbocycles. The average molecular weight is 464 g/mol. The van der Waals surface area contributed by atoms with Gasteiger partial charge in [-0.05, 0) is 39.9 Å². The van der Waals surface area contributed by atoms with Gasteiger partial charge in [0.1, 0.15) is 4.99 Å². The molecule has 3 nitrogen and oxygen atoms in total. The Hall–Kier alpha value is 0.940. The summed E-state index contributed by atoms with van der Waals surface area (Å²) in [6, 6.07) is 0. The van der Waals surface area contributed by atoms with E-state index >= 15 is 0 Å². The van der Waals surface area contributed by atoms with Gasteiger partial charge in [0, 0.05) is 14.2 Å². The van der Waals surface area contributed by atoms with Crippen LogP contribution in [-0.2, 0) is 13.6 Å². The van der Waals surface area contributed by atoms with Crippen molar-refractivity contribution in [3.8, 4) is 0 Å². The van der Waals surface area contributed by atoms with Gasteiger partial charge in [0.25, 0.3) is 0 Å². The summed E-state index contributed by atoms with van der Waals surface area (Å²) in [5.41, 5.74) is 0. The number of hydrogen-bond acceptors (Lipinski definition) is 4. The van der Waals surface area contributed by atoms with E-state index in [4.69, 9.17) is 9.05 Å². The number of allylic oxidation sites excluding steroid dienone is 2. The van der Waals surface area contributed by atoms with Gasteiger partial charge >= 0.3 is 7.60 Å². The number of thioether (sulfide) groups is 1. The van der Waals surface area contributed by atoms with E-state index in [1.165, 1.54) is 14.2 Å². The molecule has 1 unspecified atom stereocenters. The topological polar surface area (TPSA) is 35.5 Å². The van der Waals surface area contributed by atoms with Crippen LogP contribution in [0.1, 0.15) is 32.6 Å². The first-order chi connectivity index (χ1) is 9.80. The lowest BCUT2D eigenvalue weighted by Crippen LogP contribution is -2.20. The number of halogens is 2. The highest BCUT2D eigenvalue weighted by molar-refractivity contribution is 9.12. The van der Waals surface area contributed by atoms with Crippen LogP contribution >= 0.6 is 51.2 Å². The quantitative estimate of drug-likeness (QED) is 0.243. The van der Waals surface area contributed by atoms with E-state index in [1.54, 1.807) is 11.8 Å². The summed E-state index contributed by atoms with van der Waals surface area (Å²) in [5.74, 6) is 1.01. The summed E-state index contributed by atoms with van der Waals surface area (Å²) in [6.45, 7) is 9.95. The lowest BCUT2D eigenvalue weighted by atomic mass is 10.0. The standard InChI is InChI=1S/C14H25Br2O3PS/c1-6-7-8-21-14(20(17,18-4)19-5)13(9-11(2)15)10-12(3)16/h13-14H,2-3,6-10H2,1,4-5H3. The van der Waals surface area contributed by atoms with Gasteiger partial charge < -0.3 is 9.05 Å². The molecule has 0 aromatic carbocycles. The Morgan fingerprint density at radius 1 is 1.19 bits per heavy atom. The van der Waals surface area contributed by atoms with Gasteiger partial charge in [-0.15, -0.1) is 11.8 Å². The Labute approximate surface area is 150 Å². The first-order valence-electron chi connectivity index (χ1n) is 6.80. The number of rotatable bonds is 12. The fourth-order valence-corrected chi connectivity index (χ4v) is 6.81. The molecule has 0 aliphatic heterocycles. The Morgan fingerprint density at radius 2 is 1.67 bits per heavy atom. The van der Waals surface area contributed by atoms with Gasteiger partial charge in [-0.3, -0.25) is 4.57 Å². The average Bonchev–Trinajstić information content (AvgIpc) is 2.41. The van der Waals surface area contributed by atoms with E-state index < -0.39 is 7.60 Å². The van der Waals surface area contributed by atoms with Crippen LogP contribution in [0.25, 0.3) is 0 Å². The highest BCUT2D eigenvalue weighted by Crippen LogP contribution is 2.60. The lowest BCUT2D eigenvalue weighted by Gasteiger charge is -2.31. The highest BCUT2D eigenvalue weighted by Gasteiger charge is 2.40. The molecule has 0 spiro atoms. The van der Waals surface area contributed by atoms with Crippen LogP contribution in [0.2, 0.25) is 0 Å². The van der Waals surface area contributed by atoms with E-state index in [1.807, 2.05) is 0 Å². The van der Waals surface area contributed by atoms with Crippen LogP contribution in [0, 0.1) is 5.92 Å². The van der Waals surface area contributed by atoms with E-state index in [0.29, 0.717) is 12.8 Å². The zero-order chi connectivity index (χ0) is 16.5. The summed E-state index contributed by atoms with van der Waals surface area (Å²) < 4.78 is 25.1. The third kappa shape index (κ3) is 8.38. The van der Waals surface area contributed by atoms with Gasteiger partial charge in [0.2, 0.25) is 0 Å². The summed E-state index contributed by atoms with van der Waals surface area (Å²) in [6.07, 6.45) is 3.58. The van der Waals surface area contributed by atoms with Gasteiger partial charge in [-0.2, -0.15) is 0 Å². The minimum atomic E-state index is -3.16. The first-order valence-corrected chi connectivity index (χ1v) is 11.0. The summed E-state index contributed by atoms with van der Waals surface area (Å²) in [5, 5.41) is 0. The molecule has 0 bridgehead atoms. The first kappa shape index (κ1) is 21.9. The van der Waals surface area contributed by atoms with Crippen LogP contribution in [0.3, 0.4) is 0 Å². The number of unbranched alkanes of at least 4 members (excludes halogenated alkanes) is 1. The molecule has 0 aliphatic rings. The molecular weight excluding hydrogens is 439 g/mol. The van der Waals surface area contributed by atoms with Crippen molar-refractivity contribution in [3.05, 3.63) is 22.1 Å². The SMILES string of the molecule is C=C(Br)CC(CC(=C)Br)C(SCCCC)P(=O)(OC)OC. The molecule has 0 aromatic rings. The van der Waals surface area contributed by atoms with Crippen molar-refractivity contribution in [3.63, 3.8) is 0 Å². The fourth-order valence-electron chi connectivity index (χ4n) is 1.96. The Bertz CT molecular complexity index is 366. The van der Waals surface area contributed by atoms with Crippen LogP contribution in [-0.4, -0.2) is 25.0 Å². The molecule has 0 aromatic heterocycles. The predicted octanol–water partition coefficient (Wildman–Crippen LogP) is 6.55. The van der Waals surface area contributed by atoms with Crippen molar-refractivity contribution < 1.29 is 13.6 Å². The van der Waals surface area contributed by atoms with Gasteiger partial charge in [0.15, 0.2) is 0 Å². The maximum Gasteiger partial charge on any atom is 0.343 e. The van der Waals surface area contributed by atoms with Crippen molar-refractivity contribution in [1.29, 1.82) is 0 Å². The molecular formula is C14H25Br2O3PS. The van der Waals surface area contributed by atoms with E-state index in [2.05, 4.69) is 51.9 Å². The maximum absolute atomic E-state index is 12.9. The molecule has 21 heavy (non-hydrogen) atoms. The summed E-state index contributed by atoms with van der Waals surface area (Å²) >= 11 is 8.47. The van der Waals surface area contributed by atoms with Gasteiger partial charge in [-0.25, -0.2) is 0 Å². The largest absolute Gasteiger partial charge is 0.343 e. The van der Waals surface area contributed by atoms with Crippen LogP contribution in [0.4, 0.5) is 0 Å². The zero-order valence-electron chi connectivity index (χ0n) is 12.9. The normalized spacial score (nSPS) is 13.4. The number of hydrogen-bond donors (Lipinski definition) is 0. The van der Waals surface area contributed by atoms with E-state index in [-0.39, 0.29) is 10.9 Å². The summed E-state index contributed by atoms with van der Waals surface area (Å²) in [4.78, 5) is -0.234. The molecule has 0 rings (SSSR count). The Balaban J connectivity index is 5.29. The van der Waals surface area contributed by atoms with Crippen LogP contribution in [0.5, 0.6) is 0 Å². The predicted molar refractivity (Wildman–Crippen MR) is 102 cm³/mol. The van der Waals surface area contributed by atoms with Crippen molar-refractivity contribution in [2.75, 3.05) is 20.0 Å². The summed E-state index contributed by atoms with van der Waals surface area (Å²) in [7, 11) is -0.271. The molecule has 7 heteroatoms. The minimum Gasteiger partial charge on any atom is -0.311 e. The molecule has 0 aliphatic carbocycles. The van der Waals surface area contributed by atoms with Crippen molar-refractivity contribution in [2.45, 2.75) is 37.6 Å². The van der Waals surface area contributed by atoms with E-state index in [0.717, 1.165) is 27.6 Å². The second-order valence-electron chi connectivity index (χ2n) is 4.72. The Kier molecular flexibility index (Phi) is 12.0. The van der Waals surface area contributed by atoms with Crippen molar-refractivity contribution >= 4 is 51.2 Å². The van der Waals surface area contributed by atoms with Gasteiger partial charge in [-0.1, -0.05) is 58.4 Å². The van der Waals surface area contributed by atoms with Crippen molar-refractivity contribution in [2.24, 2.45) is 5.92 Å². The van der Waals surface area contributed by atoms with E-state index in [9.17, 15) is 4.57 Å². The van der Waals surface area contributed by atoms with Crippen LogP contribution < -0.4 is 0 Å². The Morgan fingerprint density at radius 3 is 2.00 bits per heavy atom.